The molecule has 0 atom stereocenters. The van der Waals surface area contributed by atoms with E-state index in [4.69, 9.17) is 4.74 Å². The molecule has 0 radical (unpaired) electrons. The van der Waals surface area contributed by atoms with Crippen LogP contribution in [0.25, 0.3) is 0 Å². The van der Waals surface area contributed by atoms with Gasteiger partial charge in [-0.15, -0.1) is 0 Å². The highest BCUT2D eigenvalue weighted by atomic mass is 79.9. The summed E-state index contributed by atoms with van der Waals surface area (Å²) >= 11 is 3.26. The minimum Gasteiger partial charge on any atom is -0.493 e. The van der Waals surface area contributed by atoms with Crippen molar-refractivity contribution in [2.45, 2.75) is 25.7 Å². The van der Waals surface area contributed by atoms with E-state index in [1.165, 1.54) is 6.07 Å². The van der Waals surface area contributed by atoms with Gasteiger partial charge in [-0.1, -0.05) is 15.9 Å². The Hall–Kier alpha value is -0.640. The van der Waals surface area contributed by atoms with Crippen LogP contribution in [0.1, 0.15) is 25.3 Å². The first kappa shape index (κ1) is 11.8. The van der Waals surface area contributed by atoms with Crippen molar-refractivity contribution in [2.24, 2.45) is 5.92 Å². The van der Waals surface area contributed by atoms with E-state index in [0.717, 1.165) is 24.2 Å². The molecule has 0 unspecified atom stereocenters. The van der Waals surface area contributed by atoms with E-state index in [1.807, 2.05) is 0 Å². The lowest BCUT2D eigenvalue weighted by Crippen LogP contribution is -2.11. The normalized spacial score (nSPS) is 16.2. The Labute approximate surface area is 102 Å². The molecule has 1 nitrogen and oxygen atoms in total. The van der Waals surface area contributed by atoms with Gasteiger partial charge >= 0.3 is 0 Å². The van der Waals surface area contributed by atoms with Crippen LogP contribution >= 0.6 is 15.9 Å². The molecule has 88 valence electrons. The monoisotopic (exact) mass is 290 g/mol. The zero-order valence-corrected chi connectivity index (χ0v) is 10.6. The molecule has 2 rings (SSSR count). The van der Waals surface area contributed by atoms with Gasteiger partial charge in [-0.25, -0.2) is 8.78 Å². The van der Waals surface area contributed by atoms with Crippen LogP contribution in [0.2, 0.25) is 0 Å². The van der Waals surface area contributed by atoms with E-state index in [-0.39, 0.29) is 11.3 Å². The van der Waals surface area contributed by atoms with Crippen molar-refractivity contribution in [3.63, 3.8) is 0 Å². The van der Waals surface area contributed by atoms with E-state index in [1.54, 1.807) is 12.1 Å². The zero-order chi connectivity index (χ0) is 11.8. The molecule has 0 spiro atoms. The van der Waals surface area contributed by atoms with Crippen LogP contribution in [0.5, 0.6) is 5.75 Å². The van der Waals surface area contributed by atoms with Crippen molar-refractivity contribution in [3.05, 3.63) is 28.2 Å². The van der Waals surface area contributed by atoms with Crippen molar-refractivity contribution in [1.29, 1.82) is 0 Å². The number of rotatable bonds is 4. The Morgan fingerprint density at radius 1 is 1.44 bits per heavy atom. The number of halogens is 3. The van der Waals surface area contributed by atoms with E-state index in [2.05, 4.69) is 15.9 Å². The summed E-state index contributed by atoms with van der Waals surface area (Å²) in [4.78, 5) is 0. The molecule has 1 aromatic carbocycles. The smallest absolute Gasteiger partial charge is 0.274 e. The minimum atomic E-state index is -2.86. The number of ether oxygens (including phenoxy) is 1. The third kappa shape index (κ3) is 2.94. The van der Waals surface area contributed by atoms with Crippen LogP contribution < -0.4 is 4.74 Å². The van der Waals surface area contributed by atoms with Gasteiger partial charge in [-0.2, -0.15) is 0 Å². The average Bonchev–Trinajstić information content (AvgIpc) is 2.96. The summed E-state index contributed by atoms with van der Waals surface area (Å²) < 4.78 is 32.8. The molecular weight excluding hydrogens is 278 g/mol. The molecule has 1 saturated carbocycles. The van der Waals surface area contributed by atoms with E-state index in [0.29, 0.717) is 12.5 Å². The molecule has 0 bridgehead atoms. The fraction of sp³-hybridized carbons (Fsp3) is 0.500. The Kier molecular flexibility index (Phi) is 3.19. The largest absolute Gasteiger partial charge is 0.493 e. The first-order chi connectivity index (χ1) is 7.47. The fourth-order valence-electron chi connectivity index (χ4n) is 1.47. The highest BCUT2D eigenvalue weighted by Gasteiger charge is 2.29. The van der Waals surface area contributed by atoms with Crippen LogP contribution in [-0.4, -0.2) is 6.61 Å². The summed E-state index contributed by atoms with van der Waals surface area (Å²) in [7, 11) is 0. The third-order valence-electron chi connectivity index (χ3n) is 2.59. The Bertz CT molecular complexity index is 383. The Morgan fingerprint density at radius 2 is 2.12 bits per heavy atom. The number of benzene rings is 1. The first-order valence-corrected chi connectivity index (χ1v) is 6.07. The second-order valence-electron chi connectivity index (χ2n) is 4.28. The van der Waals surface area contributed by atoms with E-state index >= 15 is 0 Å². The molecule has 1 aromatic rings. The van der Waals surface area contributed by atoms with Gasteiger partial charge in [-0.05, 0) is 37.0 Å². The molecule has 0 saturated heterocycles. The van der Waals surface area contributed by atoms with Crippen molar-refractivity contribution < 1.29 is 13.5 Å². The maximum atomic E-state index is 13.3. The van der Waals surface area contributed by atoms with E-state index < -0.39 is 5.92 Å². The minimum absolute atomic E-state index is 0.0450. The molecule has 16 heavy (non-hydrogen) atoms. The SMILES string of the molecule is CC(F)(F)c1ccc(Br)cc1OCC1CC1. The van der Waals surface area contributed by atoms with E-state index in [9.17, 15) is 8.78 Å². The molecule has 1 aliphatic carbocycles. The summed E-state index contributed by atoms with van der Waals surface area (Å²) in [5, 5.41) is 0. The van der Waals surface area contributed by atoms with Gasteiger partial charge in [0.05, 0.1) is 12.2 Å². The summed E-state index contributed by atoms with van der Waals surface area (Å²) in [6, 6.07) is 4.62. The van der Waals surface area contributed by atoms with Gasteiger partial charge in [0.1, 0.15) is 5.75 Å². The lowest BCUT2D eigenvalue weighted by Gasteiger charge is -2.16. The summed E-state index contributed by atoms with van der Waals surface area (Å²) in [5.41, 5.74) is -0.0450. The lowest BCUT2D eigenvalue weighted by atomic mass is 10.1. The predicted octanol–water partition coefficient (Wildman–Crippen LogP) is 4.35. The van der Waals surface area contributed by atoms with Gasteiger partial charge in [0.15, 0.2) is 0 Å². The number of hydrogen-bond donors (Lipinski definition) is 0. The lowest BCUT2D eigenvalue weighted by molar-refractivity contribution is 0.0143. The second-order valence-corrected chi connectivity index (χ2v) is 5.20. The van der Waals surface area contributed by atoms with Gasteiger partial charge in [-0.3, -0.25) is 0 Å². The summed E-state index contributed by atoms with van der Waals surface area (Å²) in [5.74, 6) is -2.02. The summed E-state index contributed by atoms with van der Waals surface area (Å²) in [6.07, 6.45) is 2.29. The van der Waals surface area contributed by atoms with Crippen LogP contribution in [0.15, 0.2) is 22.7 Å². The van der Waals surface area contributed by atoms with Crippen LogP contribution in [0.3, 0.4) is 0 Å². The molecule has 1 fully saturated rings. The van der Waals surface area contributed by atoms with Crippen LogP contribution in [0.4, 0.5) is 8.78 Å². The van der Waals surface area contributed by atoms with Gasteiger partial charge in [0.25, 0.3) is 5.92 Å². The van der Waals surface area contributed by atoms with Crippen molar-refractivity contribution in [1.82, 2.24) is 0 Å². The Balaban J connectivity index is 2.20. The van der Waals surface area contributed by atoms with Crippen molar-refractivity contribution in [3.8, 4) is 5.75 Å². The number of alkyl halides is 2. The number of hydrogen-bond acceptors (Lipinski definition) is 1. The highest BCUT2D eigenvalue weighted by Crippen LogP contribution is 2.37. The average molecular weight is 291 g/mol. The van der Waals surface area contributed by atoms with Crippen molar-refractivity contribution in [2.75, 3.05) is 6.61 Å². The molecule has 4 heteroatoms. The standard InChI is InChI=1S/C12H13BrF2O/c1-12(14,15)10-5-4-9(13)6-11(10)16-7-8-2-3-8/h4-6,8H,2-3,7H2,1H3. The molecular formula is C12H13BrF2O. The Morgan fingerprint density at radius 3 is 2.69 bits per heavy atom. The van der Waals surface area contributed by atoms with Gasteiger partial charge < -0.3 is 4.74 Å². The highest BCUT2D eigenvalue weighted by molar-refractivity contribution is 9.10. The predicted molar refractivity (Wildman–Crippen MR) is 61.9 cm³/mol. The fourth-order valence-corrected chi connectivity index (χ4v) is 1.81. The van der Waals surface area contributed by atoms with Crippen molar-refractivity contribution >= 4 is 15.9 Å². The van der Waals surface area contributed by atoms with Gasteiger partial charge in [0, 0.05) is 11.4 Å². The molecule has 0 aromatic heterocycles. The maximum Gasteiger partial charge on any atom is 0.274 e. The molecule has 0 amide bonds. The second kappa shape index (κ2) is 4.32. The third-order valence-corrected chi connectivity index (χ3v) is 3.08. The first-order valence-electron chi connectivity index (χ1n) is 5.27. The maximum absolute atomic E-state index is 13.3. The van der Waals surface area contributed by atoms with Crippen LogP contribution in [-0.2, 0) is 5.92 Å². The van der Waals surface area contributed by atoms with Gasteiger partial charge in [0.2, 0.25) is 0 Å². The quantitative estimate of drug-likeness (QED) is 0.801. The molecule has 1 aliphatic rings. The molecule has 0 N–H and O–H groups in total. The van der Waals surface area contributed by atoms with Crippen LogP contribution in [0, 0.1) is 5.92 Å². The molecule has 0 aliphatic heterocycles. The zero-order valence-electron chi connectivity index (χ0n) is 8.97. The molecule has 0 heterocycles. The summed E-state index contributed by atoms with van der Waals surface area (Å²) in [6.45, 7) is 1.43. The topological polar surface area (TPSA) is 9.23 Å².